The van der Waals surface area contributed by atoms with E-state index in [4.69, 9.17) is 6.42 Å². The van der Waals surface area contributed by atoms with E-state index >= 15 is 0 Å². The molecule has 1 aliphatic rings. The van der Waals surface area contributed by atoms with E-state index < -0.39 is 0 Å². The zero-order valence-corrected chi connectivity index (χ0v) is 6.60. The van der Waals surface area contributed by atoms with Crippen molar-refractivity contribution in [2.45, 2.75) is 25.7 Å². The molecule has 11 heavy (non-hydrogen) atoms. The van der Waals surface area contributed by atoms with Gasteiger partial charge in [-0.3, -0.25) is 4.79 Å². The van der Waals surface area contributed by atoms with Crippen LogP contribution in [0.15, 0.2) is 0 Å². The molecule has 2 nitrogen and oxygen atoms in total. The van der Waals surface area contributed by atoms with E-state index in [1.54, 1.807) is 0 Å². The van der Waals surface area contributed by atoms with Gasteiger partial charge in [0.1, 0.15) is 0 Å². The largest absolute Gasteiger partial charge is 0.355 e. The van der Waals surface area contributed by atoms with Crippen LogP contribution < -0.4 is 5.32 Å². The summed E-state index contributed by atoms with van der Waals surface area (Å²) in [4.78, 5) is 11.0. The highest BCUT2D eigenvalue weighted by Gasteiger charge is 2.23. The molecular formula is C9H13NO. The molecular weight excluding hydrogens is 138 g/mol. The molecule has 0 saturated heterocycles. The summed E-state index contributed by atoms with van der Waals surface area (Å²) in [6, 6.07) is 0. The number of hydrogen-bond donors (Lipinski definition) is 1. The summed E-state index contributed by atoms with van der Waals surface area (Å²) in [7, 11) is 0. The lowest BCUT2D eigenvalue weighted by Gasteiger charge is -2.00. The van der Waals surface area contributed by atoms with Crippen molar-refractivity contribution in [1.29, 1.82) is 0 Å². The Morgan fingerprint density at radius 2 is 2.36 bits per heavy atom. The minimum Gasteiger partial charge on any atom is -0.355 e. The van der Waals surface area contributed by atoms with E-state index in [1.807, 2.05) is 0 Å². The second-order valence-electron chi connectivity index (χ2n) is 2.95. The zero-order valence-electron chi connectivity index (χ0n) is 6.60. The minimum atomic E-state index is 0.155. The number of hydrogen-bond acceptors (Lipinski definition) is 1. The lowest BCUT2D eigenvalue weighted by Crippen LogP contribution is -2.24. The van der Waals surface area contributed by atoms with Crippen LogP contribution >= 0.6 is 0 Å². The van der Waals surface area contributed by atoms with Gasteiger partial charge in [0.15, 0.2) is 0 Å². The van der Waals surface area contributed by atoms with Crippen LogP contribution in [0.4, 0.5) is 0 Å². The van der Waals surface area contributed by atoms with Crippen LogP contribution in [0.3, 0.4) is 0 Å². The molecule has 1 rings (SSSR count). The highest BCUT2D eigenvalue weighted by Crippen LogP contribution is 2.31. The number of rotatable bonds is 4. The highest BCUT2D eigenvalue weighted by atomic mass is 16.1. The molecule has 1 N–H and O–H groups in total. The van der Waals surface area contributed by atoms with Crippen molar-refractivity contribution >= 4 is 5.91 Å². The molecule has 0 aromatic carbocycles. The first-order chi connectivity index (χ1) is 5.33. The summed E-state index contributed by atoms with van der Waals surface area (Å²) in [6.45, 7) is 0.627. The predicted molar refractivity (Wildman–Crippen MR) is 43.8 cm³/mol. The third-order valence-electron chi connectivity index (χ3n) is 1.76. The fourth-order valence-corrected chi connectivity index (χ4v) is 0.930. The van der Waals surface area contributed by atoms with Crippen molar-refractivity contribution in [2.24, 2.45) is 5.92 Å². The Morgan fingerprint density at radius 3 is 2.91 bits per heavy atom. The van der Waals surface area contributed by atoms with Crippen LogP contribution in [0.2, 0.25) is 0 Å². The molecule has 0 aliphatic heterocycles. The summed E-state index contributed by atoms with van der Waals surface area (Å²) in [5.74, 6) is 3.30. The molecule has 2 heteroatoms. The fourth-order valence-electron chi connectivity index (χ4n) is 0.930. The zero-order chi connectivity index (χ0) is 8.10. The predicted octanol–water partition coefficient (Wildman–Crippen LogP) is 0.926. The third kappa shape index (κ3) is 3.67. The molecule has 60 valence electrons. The SMILES string of the molecule is C#CCCNC(=O)CC1CC1. The van der Waals surface area contributed by atoms with Crippen molar-refractivity contribution in [1.82, 2.24) is 5.32 Å². The van der Waals surface area contributed by atoms with E-state index in [2.05, 4.69) is 11.2 Å². The molecule has 0 radical (unpaired) electrons. The van der Waals surface area contributed by atoms with Crippen molar-refractivity contribution in [3.63, 3.8) is 0 Å². The van der Waals surface area contributed by atoms with Crippen LogP contribution in [0.25, 0.3) is 0 Å². The van der Waals surface area contributed by atoms with Crippen LogP contribution in [0.1, 0.15) is 25.7 Å². The third-order valence-corrected chi connectivity index (χ3v) is 1.76. The van der Waals surface area contributed by atoms with Crippen LogP contribution in [0.5, 0.6) is 0 Å². The molecule has 0 bridgehead atoms. The molecule has 0 aromatic heterocycles. The first kappa shape index (κ1) is 8.13. The van der Waals surface area contributed by atoms with Crippen molar-refractivity contribution in [3.05, 3.63) is 0 Å². The summed E-state index contributed by atoms with van der Waals surface area (Å²) < 4.78 is 0. The Bertz CT molecular complexity index is 176. The molecule has 1 aliphatic carbocycles. The Hall–Kier alpha value is -0.970. The number of nitrogens with one attached hydrogen (secondary N) is 1. The minimum absolute atomic E-state index is 0.155. The first-order valence-electron chi connectivity index (χ1n) is 4.03. The molecule has 0 atom stereocenters. The van der Waals surface area contributed by atoms with Crippen molar-refractivity contribution in [3.8, 4) is 12.3 Å². The van der Waals surface area contributed by atoms with Gasteiger partial charge < -0.3 is 5.32 Å². The Balaban J connectivity index is 1.97. The van der Waals surface area contributed by atoms with Gasteiger partial charge in [-0.25, -0.2) is 0 Å². The Kier molecular flexibility index (Phi) is 2.97. The lowest BCUT2D eigenvalue weighted by molar-refractivity contribution is -0.121. The van der Waals surface area contributed by atoms with Gasteiger partial charge >= 0.3 is 0 Å². The Morgan fingerprint density at radius 1 is 1.64 bits per heavy atom. The van der Waals surface area contributed by atoms with Gasteiger partial charge in [0.05, 0.1) is 0 Å². The topological polar surface area (TPSA) is 29.1 Å². The van der Waals surface area contributed by atoms with Gasteiger partial charge in [0.2, 0.25) is 5.91 Å². The van der Waals surface area contributed by atoms with Crippen molar-refractivity contribution < 1.29 is 4.79 Å². The summed E-state index contributed by atoms with van der Waals surface area (Å²) in [5.41, 5.74) is 0. The van der Waals surface area contributed by atoms with Gasteiger partial charge in [-0.2, -0.15) is 0 Å². The molecule has 1 amide bonds. The molecule has 0 heterocycles. The molecule has 0 spiro atoms. The normalized spacial score (nSPS) is 15.5. The number of terminal acetylenes is 1. The fraction of sp³-hybridized carbons (Fsp3) is 0.667. The van der Waals surface area contributed by atoms with E-state index in [9.17, 15) is 4.79 Å². The van der Waals surface area contributed by atoms with E-state index in [1.165, 1.54) is 12.8 Å². The maximum atomic E-state index is 11.0. The summed E-state index contributed by atoms with van der Waals surface area (Å²) in [5, 5.41) is 2.77. The van der Waals surface area contributed by atoms with Crippen LogP contribution in [-0.2, 0) is 4.79 Å². The smallest absolute Gasteiger partial charge is 0.220 e. The number of carbonyl (C=O) groups is 1. The number of amides is 1. The maximum Gasteiger partial charge on any atom is 0.220 e. The average Bonchev–Trinajstić information content (AvgIpc) is 2.72. The lowest BCUT2D eigenvalue weighted by atomic mass is 10.3. The quantitative estimate of drug-likeness (QED) is 0.470. The van der Waals surface area contributed by atoms with Crippen LogP contribution in [-0.4, -0.2) is 12.5 Å². The van der Waals surface area contributed by atoms with Gasteiger partial charge in [-0.1, -0.05) is 0 Å². The maximum absolute atomic E-state index is 11.0. The summed E-state index contributed by atoms with van der Waals surface area (Å²) >= 11 is 0. The molecule has 0 unspecified atom stereocenters. The van der Waals surface area contributed by atoms with E-state index in [0.717, 1.165) is 0 Å². The second kappa shape index (κ2) is 4.02. The standard InChI is InChI=1S/C9H13NO/c1-2-3-6-10-9(11)7-8-4-5-8/h1,8H,3-7H2,(H,10,11). The van der Waals surface area contributed by atoms with Crippen molar-refractivity contribution in [2.75, 3.05) is 6.54 Å². The number of carbonyl (C=O) groups excluding carboxylic acids is 1. The molecule has 1 fully saturated rings. The van der Waals surface area contributed by atoms with Crippen LogP contribution in [0, 0.1) is 18.3 Å². The van der Waals surface area contributed by atoms with Gasteiger partial charge in [-0.15, -0.1) is 12.3 Å². The highest BCUT2D eigenvalue weighted by molar-refractivity contribution is 5.76. The molecule has 0 aromatic rings. The first-order valence-corrected chi connectivity index (χ1v) is 4.03. The molecule has 1 saturated carbocycles. The van der Waals surface area contributed by atoms with Gasteiger partial charge in [-0.05, 0) is 18.8 Å². The average molecular weight is 151 g/mol. The van der Waals surface area contributed by atoms with E-state index in [-0.39, 0.29) is 5.91 Å². The monoisotopic (exact) mass is 151 g/mol. The summed E-state index contributed by atoms with van der Waals surface area (Å²) in [6.07, 6.45) is 8.81. The second-order valence-corrected chi connectivity index (χ2v) is 2.95. The van der Waals surface area contributed by atoms with Gasteiger partial charge in [0.25, 0.3) is 0 Å². The van der Waals surface area contributed by atoms with Gasteiger partial charge in [0, 0.05) is 19.4 Å². The Labute approximate surface area is 67.4 Å². The van der Waals surface area contributed by atoms with E-state index in [0.29, 0.717) is 25.3 Å².